The van der Waals surface area contributed by atoms with Gasteiger partial charge in [0.15, 0.2) is 0 Å². The Morgan fingerprint density at radius 1 is 1.08 bits per heavy atom. The van der Waals surface area contributed by atoms with E-state index in [1.807, 2.05) is 43.3 Å². The van der Waals surface area contributed by atoms with Gasteiger partial charge < -0.3 is 10.6 Å². The standard InChI is InChI=1S/C19H17ClN4O/c1-13-5-6-14(20)10-17(13)24-15-7-9-22-18(11-15)19(25)23-12-16-4-2-3-8-21-16/h2-11H,12H2,1H3,(H,22,24)(H,23,25). The van der Waals surface area contributed by atoms with Crippen LogP contribution in [-0.2, 0) is 6.54 Å². The van der Waals surface area contributed by atoms with Crippen molar-refractivity contribution in [2.75, 3.05) is 5.32 Å². The normalized spacial score (nSPS) is 10.3. The van der Waals surface area contributed by atoms with E-state index in [2.05, 4.69) is 20.6 Å². The van der Waals surface area contributed by atoms with Crippen LogP contribution in [0.1, 0.15) is 21.7 Å². The van der Waals surface area contributed by atoms with Gasteiger partial charge in [-0.25, -0.2) is 0 Å². The van der Waals surface area contributed by atoms with Crippen LogP contribution in [0.15, 0.2) is 60.9 Å². The highest BCUT2D eigenvalue weighted by Crippen LogP contribution is 2.24. The number of benzene rings is 1. The number of nitrogens with zero attached hydrogens (tertiary/aromatic N) is 2. The molecule has 0 aliphatic rings. The molecule has 1 amide bonds. The van der Waals surface area contributed by atoms with Crippen LogP contribution in [0.4, 0.5) is 11.4 Å². The molecule has 0 spiro atoms. The molecule has 0 radical (unpaired) electrons. The third-order valence-corrected chi connectivity index (χ3v) is 3.86. The quantitative estimate of drug-likeness (QED) is 0.725. The van der Waals surface area contributed by atoms with Gasteiger partial charge in [-0.15, -0.1) is 0 Å². The number of amides is 1. The van der Waals surface area contributed by atoms with E-state index < -0.39 is 0 Å². The van der Waals surface area contributed by atoms with E-state index in [0.29, 0.717) is 17.3 Å². The second-order valence-electron chi connectivity index (χ2n) is 5.52. The number of aryl methyl sites for hydroxylation is 1. The van der Waals surface area contributed by atoms with Crippen LogP contribution < -0.4 is 10.6 Å². The van der Waals surface area contributed by atoms with Gasteiger partial charge in [0, 0.05) is 28.8 Å². The summed E-state index contributed by atoms with van der Waals surface area (Å²) in [7, 11) is 0. The van der Waals surface area contributed by atoms with Crippen LogP contribution in [-0.4, -0.2) is 15.9 Å². The van der Waals surface area contributed by atoms with Crippen molar-refractivity contribution in [3.8, 4) is 0 Å². The SMILES string of the molecule is Cc1ccc(Cl)cc1Nc1ccnc(C(=O)NCc2ccccn2)c1. The molecule has 0 aliphatic heterocycles. The molecule has 0 saturated carbocycles. The van der Waals surface area contributed by atoms with Crippen molar-refractivity contribution in [1.82, 2.24) is 15.3 Å². The largest absolute Gasteiger partial charge is 0.355 e. The summed E-state index contributed by atoms with van der Waals surface area (Å²) in [6, 6.07) is 14.7. The zero-order valence-corrected chi connectivity index (χ0v) is 14.4. The Morgan fingerprint density at radius 2 is 1.96 bits per heavy atom. The predicted molar refractivity (Wildman–Crippen MR) is 99.1 cm³/mol. The van der Waals surface area contributed by atoms with Crippen LogP contribution in [0.25, 0.3) is 0 Å². The number of pyridine rings is 2. The number of carbonyl (C=O) groups is 1. The molecule has 2 N–H and O–H groups in total. The molecule has 2 aromatic heterocycles. The van der Waals surface area contributed by atoms with E-state index in [1.165, 1.54) is 0 Å². The summed E-state index contributed by atoms with van der Waals surface area (Å²) >= 11 is 6.04. The second-order valence-corrected chi connectivity index (χ2v) is 5.95. The monoisotopic (exact) mass is 352 g/mol. The smallest absolute Gasteiger partial charge is 0.270 e. The molecule has 0 unspecified atom stereocenters. The van der Waals surface area contributed by atoms with E-state index in [-0.39, 0.29) is 5.91 Å². The lowest BCUT2D eigenvalue weighted by Gasteiger charge is -2.11. The van der Waals surface area contributed by atoms with Gasteiger partial charge in [0.05, 0.1) is 12.2 Å². The van der Waals surface area contributed by atoms with Crippen molar-refractivity contribution in [3.05, 3.63) is 82.9 Å². The third kappa shape index (κ3) is 4.55. The molecule has 126 valence electrons. The Labute approximate surface area is 151 Å². The lowest BCUT2D eigenvalue weighted by atomic mass is 10.2. The maximum atomic E-state index is 12.3. The van der Waals surface area contributed by atoms with Crippen LogP contribution in [0.5, 0.6) is 0 Å². The van der Waals surface area contributed by atoms with Crippen molar-refractivity contribution in [1.29, 1.82) is 0 Å². The first kappa shape index (κ1) is 16.9. The van der Waals surface area contributed by atoms with E-state index in [0.717, 1.165) is 22.6 Å². The molecule has 2 heterocycles. The van der Waals surface area contributed by atoms with E-state index in [4.69, 9.17) is 11.6 Å². The molecule has 0 fully saturated rings. The number of anilines is 2. The summed E-state index contributed by atoms with van der Waals surface area (Å²) < 4.78 is 0. The summed E-state index contributed by atoms with van der Waals surface area (Å²) in [6.07, 6.45) is 3.29. The van der Waals surface area contributed by atoms with Gasteiger partial charge in [-0.3, -0.25) is 14.8 Å². The molecule has 6 heteroatoms. The summed E-state index contributed by atoms with van der Waals surface area (Å²) in [5, 5.41) is 6.73. The number of rotatable bonds is 5. The van der Waals surface area contributed by atoms with E-state index in [1.54, 1.807) is 24.5 Å². The number of aromatic nitrogens is 2. The molecule has 0 bridgehead atoms. The number of hydrogen-bond donors (Lipinski definition) is 2. The number of halogens is 1. The highest BCUT2D eigenvalue weighted by atomic mass is 35.5. The average Bonchev–Trinajstić information content (AvgIpc) is 2.64. The fourth-order valence-corrected chi connectivity index (χ4v) is 2.45. The van der Waals surface area contributed by atoms with Gasteiger partial charge in [0.2, 0.25) is 0 Å². The minimum atomic E-state index is -0.253. The van der Waals surface area contributed by atoms with Crippen molar-refractivity contribution in [2.24, 2.45) is 0 Å². The fraction of sp³-hybridized carbons (Fsp3) is 0.105. The molecule has 0 aliphatic carbocycles. The molecular weight excluding hydrogens is 336 g/mol. The average molecular weight is 353 g/mol. The highest BCUT2D eigenvalue weighted by molar-refractivity contribution is 6.30. The summed E-state index contributed by atoms with van der Waals surface area (Å²) in [6.45, 7) is 2.34. The molecule has 25 heavy (non-hydrogen) atoms. The Balaban J connectivity index is 1.70. The molecule has 5 nitrogen and oxygen atoms in total. The van der Waals surface area contributed by atoms with Crippen LogP contribution in [0, 0.1) is 6.92 Å². The Bertz CT molecular complexity index is 884. The molecule has 0 saturated heterocycles. The maximum absolute atomic E-state index is 12.3. The fourth-order valence-electron chi connectivity index (χ4n) is 2.28. The lowest BCUT2D eigenvalue weighted by Crippen LogP contribution is -2.24. The molecule has 0 atom stereocenters. The van der Waals surface area contributed by atoms with Crippen LogP contribution >= 0.6 is 11.6 Å². The van der Waals surface area contributed by atoms with Gasteiger partial charge in [-0.2, -0.15) is 0 Å². The predicted octanol–water partition coefficient (Wildman–Crippen LogP) is 4.11. The van der Waals surface area contributed by atoms with Gasteiger partial charge >= 0.3 is 0 Å². The topological polar surface area (TPSA) is 66.9 Å². The van der Waals surface area contributed by atoms with Crippen molar-refractivity contribution in [2.45, 2.75) is 13.5 Å². The third-order valence-electron chi connectivity index (χ3n) is 3.63. The first-order valence-electron chi connectivity index (χ1n) is 7.79. The first-order chi connectivity index (χ1) is 12.1. The Hall–Kier alpha value is -2.92. The summed E-state index contributed by atoms with van der Waals surface area (Å²) in [5.74, 6) is -0.253. The molecular formula is C19H17ClN4O. The molecule has 3 aromatic rings. The van der Waals surface area contributed by atoms with Gasteiger partial charge in [-0.05, 0) is 48.9 Å². The number of nitrogens with one attached hydrogen (secondary N) is 2. The minimum Gasteiger partial charge on any atom is -0.355 e. The number of carbonyl (C=O) groups excluding carboxylic acids is 1. The molecule has 1 aromatic carbocycles. The number of hydrogen-bond acceptors (Lipinski definition) is 4. The highest BCUT2D eigenvalue weighted by Gasteiger charge is 2.09. The Kier molecular flexibility index (Phi) is 5.26. The molecule has 3 rings (SSSR count). The summed E-state index contributed by atoms with van der Waals surface area (Å²) in [4.78, 5) is 20.6. The first-order valence-corrected chi connectivity index (χ1v) is 8.17. The van der Waals surface area contributed by atoms with Crippen molar-refractivity contribution in [3.63, 3.8) is 0 Å². The zero-order chi connectivity index (χ0) is 17.6. The lowest BCUT2D eigenvalue weighted by molar-refractivity contribution is 0.0945. The van der Waals surface area contributed by atoms with Crippen LogP contribution in [0.3, 0.4) is 0 Å². The van der Waals surface area contributed by atoms with E-state index in [9.17, 15) is 4.79 Å². The van der Waals surface area contributed by atoms with E-state index >= 15 is 0 Å². The van der Waals surface area contributed by atoms with Gasteiger partial charge in [0.25, 0.3) is 5.91 Å². The zero-order valence-electron chi connectivity index (χ0n) is 13.7. The summed E-state index contributed by atoms with van der Waals surface area (Å²) in [5.41, 5.74) is 3.84. The van der Waals surface area contributed by atoms with Gasteiger partial charge in [-0.1, -0.05) is 23.7 Å². The van der Waals surface area contributed by atoms with Crippen LogP contribution in [0.2, 0.25) is 5.02 Å². The minimum absolute atomic E-state index is 0.253. The van der Waals surface area contributed by atoms with Crippen molar-refractivity contribution < 1.29 is 4.79 Å². The van der Waals surface area contributed by atoms with Crippen molar-refractivity contribution >= 4 is 28.9 Å². The maximum Gasteiger partial charge on any atom is 0.270 e. The van der Waals surface area contributed by atoms with Gasteiger partial charge in [0.1, 0.15) is 5.69 Å². The second kappa shape index (κ2) is 7.77. The Morgan fingerprint density at radius 3 is 2.76 bits per heavy atom.